The Kier molecular flexibility index (Phi) is 4.69. The van der Waals surface area contributed by atoms with Crippen LogP contribution >= 0.6 is 11.3 Å². The number of rotatable bonds is 6. The summed E-state index contributed by atoms with van der Waals surface area (Å²) in [5.74, 6) is 0. The van der Waals surface area contributed by atoms with Gasteiger partial charge in [-0.1, -0.05) is 0 Å². The predicted octanol–water partition coefficient (Wildman–Crippen LogP) is 1.41. The second-order valence-electron chi connectivity index (χ2n) is 4.11. The highest BCUT2D eigenvalue weighted by atomic mass is 32.2. The van der Waals surface area contributed by atoms with Crippen molar-refractivity contribution in [3.8, 4) is 0 Å². The first-order valence-electron chi connectivity index (χ1n) is 6.06. The molecule has 0 aromatic carbocycles. The van der Waals surface area contributed by atoms with E-state index in [9.17, 15) is 8.42 Å². The first kappa shape index (κ1) is 14.9. The maximum atomic E-state index is 12.2. The molecule has 2 aromatic rings. The molecule has 0 radical (unpaired) electrons. The summed E-state index contributed by atoms with van der Waals surface area (Å²) >= 11 is 1.55. The lowest BCUT2D eigenvalue weighted by Gasteiger charge is -2.09. The second-order valence-corrected chi connectivity index (χ2v) is 6.86. The van der Waals surface area contributed by atoms with Crippen LogP contribution in [0.1, 0.15) is 10.7 Å². The minimum Gasteiger partial charge on any atom is -0.386 e. The zero-order chi connectivity index (χ0) is 14.6. The van der Waals surface area contributed by atoms with Crippen LogP contribution < -0.4 is 10.0 Å². The van der Waals surface area contributed by atoms with Gasteiger partial charge in [-0.05, 0) is 19.1 Å². The van der Waals surface area contributed by atoms with Crippen LogP contribution in [0.4, 0.5) is 5.69 Å². The van der Waals surface area contributed by atoms with Gasteiger partial charge >= 0.3 is 0 Å². The summed E-state index contributed by atoms with van der Waals surface area (Å²) in [6.45, 7) is 2.22. The van der Waals surface area contributed by atoms with Crippen LogP contribution in [-0.2, 0) is 16.4 Å². The Balaban J connectivity index is 2.04. The highest BCUT2D eigenvalue weighted by molar-refractivity contribution is 7.89. The van der Waals surface area contributed by atoms with Crippen molar-refractivity contribution < 1.29 is 8.42 Å². The number of thiazole rings is 1. The molecular formula is C12H16N4O2S2. The molecule has 2 N–H and O–H groups in total. The molecule has 108 valence electrons. The lowest BCUT2D eigenvalue weighted by atomic mass is 10.3. The van der Waals surface area contributed by atoms with E-state index in [0.29, 0.717) is 18.7 Å². The van der Waals surface area contributed by atoms with E-state index in [0.717, 1.165) is 10.7 Å². The lowest BCUT2D eigenvalue weighted by Crippen LogP contribution is -2.27. The molecule has 0 aliphatic carbocycles. The normalized spacial score (nSPS) is 11.5. The van der Waals surface area contributed by atoms with Gasteiger partial charge in [0.15, 0.2) is 5.03 Å². The van der Waals surface area contributed by atoms with Gasteiger partial charge in [-0.3, -0.25) is 0 Å². The van der Waals surface area contributed by atoms with Gasteiger partial charge in [0.05, 0.1) is 16.4 Å². The molecule has 0 atom stereocenters. The third-order valence-electron chi connectivity index (χ3n) is 2.63. The molecule has 0 bridgehead atoms. The average molecular weight is 312 g/mol. The molecule has 20 heavy (non-hydrogen) atoms. The summed E-state index contributed by atoms with van der Waals surface area (Å²) in [7, 11) is -1.95. The zero-order valence-corrected chi connectivity index (χ0v) is 12.9. The number of sulfonamides is 1. The third-order valence-corrected chi connectivity index (χ3v) is 4.88. The Morgan fingerprint density at radius 3 is 2.85 bits per heavy atom. The topological polar surface area (TPSA) is 84.0 Å². The van der Waals surface area contributed by atoms with Crippen LogP contribution in [0.3, 0.4) is 0 Å². The monoisotopic (exact) mass is 312 g/mol. The van der Waals surface area contributed by atoms with Gasteiger partial charge in [0.1, 0.15) is 0 Å². The summed E-state index contributed by atoms with van der Waals surface area (Å²) in [6, 6.07) is 3.36. The van der Waals surface area contributed by atoms with E-state index >= 15 is 0 Å². The number of anilines is 1. The largest absolute Gasteiger partial charge is 0.386 e. The van der Waals surface area contributed by atoms with Crippen LogP contribution in [0.5, 0.6) is 0 Å². The van der Waals surface area contributed by atoms with Crippen LogP contribution in [0.15, 0.2) is 28.7 Å². The number of hydrogen-bond donors (Lipinski definition) is 2. The smallest absolute Gasteiger partial charge is 0.260 e. The van der Waals surface area contributed by atoms with Gasteiger partial charge in [0.25, 0.3) is 10.0 Å². The Bertz CT molecular complexity index is 682. The number of aryl methyl sites for hydroxylation is 1. The summed E-state index contributed by atoms with van der Waals surface area (Å²) in [6.07, 6.45) is 2.02. The number of nitrogens with zero attached hydrogens (tertiary/aromatic N) is 2. The molecule has 2 aromatic heterocycles. The molecule has 8 heteroatoms. The van der Waals surface area contributed by atoms with Crippen molar-refractivity contribution in [3.05, 3.63) is 34.4 Å². The Morgan fingerprint density at radius 1 is 1.40 bits per heavy atom. The molecule has 0 aliphatic heterocycles. The van der Waals surface area contributed by atoms with E-state index in [4.69, 9.17) is 0 Å². The molecule has 0 saturated carbocycles. The fourth-order valence-electron chi connectivity index (χ4n) is 1.70. The van der Waals surface area contributed by atoms with Crippen LogP contribution in [0, 0.1) is 6.92 Å². The van der Waals surface area contributed by atoms with Crippen molar-refractivity contribution in [2.75, 3.05) is 18.9 Å². The second kappa shape index (κ2) is 6.29. The Hall–Kier alpha value is -1.51. The first-order valence-corrected chi connectivity index (χ1v) is 8.42. The molecule has 2 rings (SSSR count). The number of hydrogen-bond acceptors (Lipinski definition) is 6. The van der Waals surface area contributed by atoms with Crippen LogP contribution in [0.2, 0.25) is 0 Å². The summed E-state index contributed by atoms with van der Waals surface area (Å²) in [5.41, 5.74) is 1.37. The summed E-state index contributed by atoms with van der Waals surface area (Å²) < 4.78 is 26.9. The van der Waals surface area contributed by atoms with E-state index in [2.05, 4.69) is 20.0 Å². The number of nitrogens with one attached hydrogen (secondary N) is 2. The van der Waals surface area contributed by atoms with Crippen molar-refractivity contribution in [3.63, 3.8) is 0 Å². The molecule has 0 unspecified atom stereocenters. The minimum atomic E-state index is -3.61. The molecule has 2 heterocycles. The average Bonchev–Trinajstić information content (AvgIpc) is 2.84. The fourth-order valence-corrected chi connectivity index (χ4v) is 3.51. The van der Waals surface area contributed by atoms with E-state index < -0.39 is 10.0 Å². The lowest BCUT2D eigenvalue weighted by molar-refractivity contribution is 0.578. The molecular weight excluding hydrogens is 296 g/mol. The van der Waals surface area contributed by atoms with Gasteiger partial charge in [-0.2, -0.15) is 0 Å². The van der Waals surface area contributed by atoms with Crippen LogP contribution in [-0.4, -0.2) is 32.0 Å². The van der Waals surface area contributed by atoms with Crippen molar-refractivity contribution in [2.45, 2.75) is 18.4 Å². The minimum absolute atomic E-state index is 0.0111. The molecule has 0 aliphatic rings. The first-order chi connectivity index (χ1) is 9.53. The standard InChI is InChI=1S/C12H16N4O2S2/c1-9-16-10(8-19-9)5-7-15-20(17,18)12-11(13-2)4-3-6-14-12/h3-4,6,8,13,15H,5,7H2,1-2H3. The highest BCUT2D eigenvalue weighted by Gasteiger charge is 2.19. The molecule has 6 nitrogen and oxygen atoms in total. The zero-order valence-electron chi connectivity index (χ0n) is 11.3. The maximum absolute atomic E-state index is 12.2. The number of pyridine rings is 1. The third kappa shape index (κ3) is 3.53. The van der Waals surface area contributed by atoms with Gasteiger partial charge in [-0.15, -0.1) is 11.3 Å². The SMILES string of the molecule is CNc1cccnc1S(=O)(=O)NCCc1csc(C)n1. The van der Waals surface area contributed by atoms with Crippen molar-refractivity contribution in [1.29, 1.82) is 0 Å². The summed E-state index contributed by atoms with van der Waals surface area (Å²) in [4.78, 5) is 8.22. The Morgan fingerprint density at radius 2 is 2.20 bits per heavy atom. The highest BCUT2D eigenvalue weighted by Crippen LogP contribution is 2.16. The van der Waals surface area contributed by atoms with E-state index in [1.54, 1.807) is 30.5 Å². The fraction of sp³-hybridized carbons (Fsp3) is 0.333. The Labute approximate surface area is 122 Å². The van der Waals surface area contributed by atoms with Crippen molar-refractivity contribution in [1.82, 2.24) is 14.7 Å². The molecule has 0 fully saturated rings. The van der Waals surface area contributed by atoms with Crippen molar-refractivity contribution >= 4 is 27.0 Å². The summed E-state index contributed by atoms with van der Waals surface area (Å²) in [5, 5.41) is 5.74. The van der Waals surface area contributed by atoms with Crippen molar-refractivity contribution in [2.24, 2.45) is 0 Å². The quantitative estimate of drug-likeness (QED) is 0.842. The van der Waals surface area contributed by atoms with E-state index in [-0.39, 0.29) is 5.03 Å². The molecule has 0 spiro atoms. The molecule has 0 amide bonds. The van der Waals surface area contributed by atoms with Gasteiger partial charge in [-0.25, -0.2) is 23.1 Å². The maximum Gasteiger partial charge on any atom is 0.260 e. The van der Waals surface area contributed by atoms with Gasteiger partial charge in [0.2, 0.25) is 0 Å². The van der Waals surface area contributed by atoms with Gasteiger partial charge < -0.3 is 5.32 Å². The van der Waals surface area contributed by atoms with E-state index in [1.807, 2.05) is 12.3 Å². The van der Waals surface area contributed by atoms with Gasteiger partial charge in [0, 0.05) is 31.6 Å². The predicted molar refractivity (Wildman–Crippen MR) is 79.5 cm³/mol. The number of aromatic nitrogens is 2. The van der Waals surface area contributed by atoms with Crippen LogP contribution in [0.25, 0.3) is 0 Å². The van der Waals surface area contributed by atoms with E-state index in [1.165, 1.54) is 6.20 Å². The molecule has 0 saturated heterocycles.